The lowest BCUT2D eigenvalue weighted by Crippen LogP contribution is -2.25. The molecule has 2 aromatic carbocycles. The number of nitrogens with zero attached hydrogens (tertiary/aromatic N) is 3. The molecule has 0 fully saturated rings. The van der Waals surface area contributed by atoms with Crippen LogP contribution < -0.4 is 9.47 Å². The predicted molar refractivity (Wildman–Crippen MR) is 125 cm³/mol. The van der Waals surface area contributed by atoms with Gasteiger partial charge in [-0.3, -0.25) is 4.90 Å². The molecule has 0 saturated heterocycles. The van der Waals surface area contributed by atoms with Crippen LogP contribution >= 0.6 is 11.6 Å². The number of unbranched alkanes of at least 4 members (excludes halogenated alkanes) is 1. The van der Waals surface area contributed by atoms with Crippen LogP contribution in [-0.2, 0) is 19.6 Å². The van der Waals surface area contributed by atoms with Crippen LogP contribution in [0.3, 0.4) is 0 Å². The van der Waals surface area contributed by atoms with Gasteiger partial charge in [-0.25, -0.2) is 4.98 Å². The zero-order valence-corrected chi connectivity index (χ0v) is 19.1. The van der Waals surface area contributed by atoms with Crippen LogP contribution in [0.2, 0.25) is 5.15 Å². The van der Waals surface area contributed by atoms with Crippen LogP contribution in [-0.4, -0.2) is 27.8 Å². The van der Waals surface area contributed by atoms with Gasteiger partial charge in [0.2, 0.25) is 6.79 Å². The van der Waals surface area contributed by atoms with Gasteiger partial charge in [-0.1, -0.05) is 68.3 Å². The van der Waals surface area contributed by atoms with Gasteiger partial charge >= 0.3 is 0 Å². The molecule has 1 aliphatic rings. The summed E-state index contributed by atoms with van der Waals surface area (Å²) < 4.78 is 13.3. The second-order valence-electron chi connectivity index (χ2n) is 7.94. The Balaban J connectivity index is 1.61. The van der Waals surface area contributed by atoms with Crippen molar-refractivity contribution in [2.24, 2.45) is 0 Å². The summed E-state index contributed by atoms with van der Waals surface area (Å²) in [5, 5.41) is 0.599. The van der Waals surface area contributed by atoms with Gasteiger partial charge in [-0.2, -0.15) is 0 Å². The number of benzene rings is 2. The Bertz CT molecular complexity index is 1000. The summed E-state index contributed by atoms with van der Waals surface area (Å²) in [4.78, 5) is 7.19. The zero-order valence-electron chi connectivity index (χ0n) is 18.3. The molecule has 0 unspecified atom stereocenters. The van der Waals surface area contributed by atoms with Gasteiger partial charge in [0.05, 0.1) is 5.69 Å². The molecular formula is C25H30ClN3O2. The van der Waals surface area contributed by atoms with E-state index in [-0.39, 0.29) is 0 Å². The Morgan fingerprint density at radius 3 is 2.58 bits per heavy atom. The Morgan fingerprint density at radius 2 is 1.81 bits per heavy atom. The normalized spacial score (nSPS) is 12.6. The first-order valence-corrected chi connectivity index (χ1v) is 11.5. The van der Waals surface area contributed by atoms with E-state index in [0.717, 1.165) is 74.0 Å². The number of rotatable bonds is 10. The summed E-state index contributed by atoms with van der Waals surface area (Å²) in [5.74, 6) is 2.60. The molecule has 0 bridgehead atoms. The van der Waals surface area contributed by atoms with Crippen molar-refractivity contribution in [2.45, 2.75) is 52.7 Å². The van der Waals surface area contributed by atoms with Crippen LogP contribution in [0.4, 0.5) is 0 Å². The third kappa shape index (κ3) is 5.05. The van der Waals surface area contributed by atoms with E-state index in [4.69, 9.17) is 26.1 Å². The van der Waals surface area contributed by atoms with Crippen LogP contribution in [0.5, 0.6) is 11.5 Å². The van der Waals surface area contributed by atoms with Crippen LogP contribution in [0.25, 0.3) is 11.4 Å². The van der Waals surface area contributed by atoms with E-state index in [1.165, 1.54) is 5.56 Å². The maximum Gasteiger partial charge on any atom is 0.231 e. The average molecular weight is 440 g/mol. The first-order chi connectivity index (χ1) is 15.2. The first-order valence-electron chi connectivity index (χ1n) is 11.1. The molecule has 31 heavy (non-hydrogen) atoms. The first kappa shape index (κ1) is 21.7. The minimum absolute atomic E-state index is 0.298. The summed E-state index contributed by atoms with van der Waals surface area (Å²) in [6.07, 6.45) is 3.28. The quantitative estimate of drug-likeness (QED) is 0.380. The number of imidazole rings is 1. The molecule has 1 aliphatic heterocycles. The highest BCUT2D eigenvalue weighted by molar-refractivity contribution is 6.30. The fourth-order valence-electron chi connectivity index (χ4n) is 4.01. The molecule has 0 N–H and O–H groups in total. The maximum atomic E-state index is 6.71. The molecule has 3 aromatic rings. The molecule has 4 rings (SSSR count). The van der Waals surface area contributed by atoms with E-state index in [1.54, 1.807) is 0 Å². The van der Waals surface area contributed by atoms with Crippen molar-refractivity contribution in [3.63, 3.8) is 0 Å². The summed E-state index contributed by atoms with van der Waals surface area (Å²) in [5.41, 5.74) is 3.39. The van der Waals surface area contributed by atoms with E-state index in [9.17, 15) is 0 Å². The van der Waals surface area contributed by atoms with Gasteiger partial charge in [0.25, 0.3) is 0 Å². The summed E-state index contributed by atoms with van der Waals surface area (Å²) in [6, 6.07) is 16.5. The van der Waals surface area contributed by atoms with Crippen molar-refractivity contribution in [3.05, 3.63) is 64.9 Å². The van der Waals surface area contributed by atoms with Crippen molar-refractivity contribution >= 4 is 11.6 Å². The third-order valence-electron chi connectivity index (χ3n) is 5.55. The number of hydrogen-bond acceptors (Lipinski definition) is 4. The van der Waals surface area contributed by atoms with E-state index >= 15 is 0 Å². The maximum absolute atomic E-state index is 6.71. The molecule has 5 nitrogen and oxygen atoms in total. The van der Waals surface area contributed by atoms with Crippen molar-refractivity contribution in [1.29, 1.82) is 0 Å². The smallest absolute Gasteiger partial charge is 0.231 e. The van der Waals surface area contributed by atoms with Gasteiger partial charge in [0.15, 0.2) is 16.7 Å². The molecule has 2 heterocycles. The monoisotopic (exact) mass is 439 g/mol. The molecule has 0 amide bonds. The highest BCUT2D eigenvalue weighted by atomic mass is 35.5. The van der Waals surface area contributed by atoms with Gasteiger partial charge in [0, 0.05) is 25.2 Å². The molecule has 0 radical (unpaired) electrons. The van der Waals surface area contributed by atoms with Gasteiger partial charge in [-0.15, -0.1) is 0 Å². The highest BCUT2D eigenvalue weighted by Gasteiger charge is 2.20. The lowest BCUT2D eigenvalue weighted by molar-refractivity contribution is 0.174. The van der Waals surface area contributed by atoms with Crippen molar-refractivity contribution in [2.75, 3.05) is 13.3 Å². The Morgan fingerprint density at radius 1 is 1.00 bits per heavy atom. The molecule has 6 heteroatoms. The topological polar surface area (TPSA) is 39.5 Å². The summed E-state index contributed by atoms with van der Waals surface area (Å²) in [6.45, 7) is 8.18. The summed E-state index contributed by atoms with van der Waals surface area (Å²) >= 11 is 6.71. The fraction of sp³-hybridized carbons (Fsp3) is 0.400. The second-order valence-corrected chi connectivity index (χ2v) is 8.30. The number of ether oxygens (including phenoxy) is 2. The van der Waals surface area contributed by atoms with Crippen LogP contribution in [0.15, 0.2) is 48.5 Å². The standard InChI is InChI=1S/C25H30ClN3O2/c1-3-5-14-29-21(24(26)27-25(29)20-9-7-6-8-10-20)17-28(13-4-2)16-19-11-12-22-23(15-19)31-18-30-22/h6-12,15H,3-5,13-14,16-18H2,1-2H3. The number of halogens is 1. The van der Waals surface area contributed by atoms with Crippen LogP contribution in [0.1, 0.15) is 44.4 Å². The van der Waals surface area contributed by atoms with Crippen molar-refractivity contribution in [1.82, 2.24) is 14.5 Å². The van der Waals surface area contributed by atoms with Crippen molar-refractivity contribution in [3.8, 4) is 22.9 Å². The molecule has 0 spiro atoms. The third-order valence-corrected chi connectivity index (χ3v) is 5.85. The van der Waals surface area contributed by atoms with E-state index in [2.05, 4.69) is 47.6 Å². The molecule has 0 aliphatic carbocycles. The van der Waals surface area contributed by atoms with Gasteiger partial charge < -0.3 is 14.0 Å². The molecule has 1 aromatic heterocycles. The molecule has 0 atom stereocenters. The average Bonchev–Trinajstić information content (AvgIpc) is 3.37. The minimum atomic E-state index is 0.298. The van der Waals surface area contributed by atoms with Gasteiger partial charge in [0.1, 0.15) is 5.82 Å². The summed E-state index contributed by atoms with van der Waals surface area (Å²) in [7, 11) is 0. The SMILES string of the molecule is CCCCn1c(-c2ccccc2)nc(Cl)c1CN(CCC)Cc1ccc2c(c1)OCO2. The molecule has 164 valence electrons. The van der Waals surface area contributed by atoms with E-state index in [0.29, 0.717) is 11.9 Å². The molecular weight excluding hydrogens is 410 g/mol. The Labute approximate surface area is 189 Å². The minimum Gasteiger partial charge on any atom is -0.454 e. The second kappa shape index (κ2) is 10.2. The lowest BCUT2D eigenvalue weighted by Gasteiger charge is -2.23. The molecule has 0 saturated carbocycles. The Hall–Kier alpha value is -2.50. The van der Waals surface area contributed by atoms with E-state index in [1.807, 2.05) is 24.3 Å². The van der Waals surface area contributed by atoms with Crippen molar-refractivity contribution < 1.29 is 9.47 Å². The number of aromatic nitrogens is 2. The predicted octanol–water partition coefficient (Wildman–Crippen LogP) is 6.14. The number of hydrogen-bond donors (Lipinski definition) is 0. The highest BCUT2D eigenvalue weighted by Crippen LogP contribution is 2.33. The largest absolute Gasteiger partial charge is 0.454 e. The van der Waals surface area contributed by atoms with Crippen LogP contribution in [0, 0.1) is 0 Å². The zero-order chi connectivity index (χ0) is 21.6. The van der Waals surface area contributed by atoms with Gasteiger partial charge in [-0.05, 0) is 37.1 Å². The Kier molecular flexibility index (Phi) is 7.15. The fourth-order valence-corrected chi connectivity index (χ4v) is 4.25. The lowest BCUT2D eigenvalue weighted by atomic mass is 10.1. The number of fused-ring (bicyclic) bond motifs is 1. The van der Waals surface area contributed by atoms with E-state index < -0.39 is 0 Å².